The van der Waals surface area contributed by atoms with E-state index in [1.807, 2.05) is 27.7 Å². The van der Waals surface area contributed by atoms with Crippen molar-refractivity contribution < 1.29 is 12.8 Å². The van der Waals surface area contributed by atoms with Crippen LogP contribution in [0.15, 0.2) is 18.2 Å². The van der Waals surface area contributed by atoms with Crippen molar-refractivity contribution in [2.24, 2.45) is 11.8 Å². The Balaban J connectivity index is 3.03. The van der Waals surface area contributed by atoms with Crippen molar-refractivity contribution >= 4 is 21.8 Å². The Bertz CT molecular complexity index is 590. The Kier molecular flexibility index (Phi) is 7.45. The molecule has 0 saturated carbocycles. The SMILES string of the molecule is CC(C)CN(CC(C)C)S(=O)(=O)N(C)Cc1c(F)cccc1Cl. The summed E-state index contributed by atoms with van der Waals surface area (Å²) in [7, 11) is -2.23. The largest absolute Gasteiger partial charge is 0.282 e. The summed E-state index contributed by atoms with van der Waals surface area (Å²) in [5.41, 5.74) is 0.189. The van der Waals surface area contributed by atoms with Gasteiger partial charge in [-0.15, -0.1) is 0 Å². The van der Waals surface area contributed by atoms with Crippen LogP contribution in [-0.4, -0.2) is 37.2 Å². The van der Waals surface area contributed by atoms with Crippen molar-refractivity contribution in [1.29, 1.82) is 0 Å². The zero-order valence-electron chi connectivity index (χ0n) is 14.4. The number of halogens is 2. The summed E-state index contributed by atoms with van der Waals surface area (Å²) >= 11 is 6.00. The molecule has 4 nitrogen and oxygen atoms in total. The van der Waals surface area contributed by atoms with Crippen LogP contribution in [0.1, 0.15) is 33.3 Å². The number of benzene rings is 1. The van der Waals surface area contributed by atoms with Crippen molar-refractivity contribution in [2.45, 2.75) is 34.2 Å². The first kappa shape index (κ1) is 20.4. The molecule has 0 spiro atoms. The predicted octanol–water partition coefficient (Wildman–Crippen LogP) is 3.77. The number of nitrogens with zero attached hydrogens (tertiary/aromatic N) is 2. The van der Waals surface area contributed by atoms with Crippen molar-refractivity contribution in [1.82, 2.24) is 8.61 Å². The van der Waals surface area contributed by atoms with Gasteiger partial charge < -0.3 is 0 Å². The lowest BCUT2D eigenvalue weighted by Crippen LogP contribution is -2.44. The summed E-state index contributed by atoms with van der Waals surface area (Å²) in [4.78, 5) is 0. The van der Waals surface area contributed by atoms with Gasteiger partial charge in [0.15, 0.2) is 0 Å². The zero-order valence-corrected chi connectivity index (χ0v) is 16.0. The summed E-state index contributed by atoms with van der Waals surface area (Å²) in [6.07, 6.45) is 0. The number of hydrogen-bond acceptors (Lipinski definition) is 2. The van der Waals surface area contributed by atoms with Crippen molar-refractivity contribution in [3.8, 4) is 0 Å². The third-order valence-corrected chi connectivity index (χ3v) is 5.52. The molecule has 0 heterocycles. The van der Waals surface area contributed by atoms with Gasteiger partial charge in [-0.1, -0.05) is 45.4 Å². The molecular weight excluding hydrogens is 339 g/mol. The second-order valence-corrected chi connectivity index (χ2v) is 9.01. The van der Waals surface area contributed by atoms with Gasteiger partial charge in [0, 0.05) is 37.3 Å². The third-order valence-electron chi connectivity index (χ3n) is 3.30. The highest BCUT2D eigenvalue weighted by Crippen LogP contribution is 2.22. The molecule has 0 radical (unpaired) electrons. The van der Waals surface area contributed by atoms with Crippen molar-refractivity contribution in [2.75, 3.05) is 20.1 Å². The molecule has 1 aromatic rings. The number of rotatable bonds is 8. The maximum absolute atomic E-state index is 13.9. The van der Waals surface area contributed by atoms with Crippen molar-refractivity contribution in [3.05, 3.63) is 34.6 Å². The van der Waals surface area contributed by atoms with E-state index >= 15 is 0 Å². The average molecular weight is 365 g/mol. The normalized spacial score (nSPS) is 12.8. The Morgan fingerprint density at radius 3 is 2.09 bits per heavy atom. The Morgan fingerprint density at radius 1 is 1.13 bits per heavy atom. The maximum Gasteiger partial charge on any atom is 0.282 e. The molecular formula is C16H26ClFN2O2S. The standard InChI is InChI=1S/C16H26ClFN2O2S/c1-12(2)9-20(10-13(3)4)23(21,22)19(5)11-14-15(17)7-6-8-16(14)18/h6-8,12-13H,9-11H2,1-5H3. The highest BCUT2D eigenvalue weighted by atomic mass is 35.5. The van der Waals surface area contributed by atoms with E-state index in [4.69, 9.17) is 11.6 Å². The van der Waals surface area contributed by atoms with Gasteiger partial charge in [0.2, 0.25) is 0 Å². The lowest BCUT2D eigenvalue weighted by molar-refractivity contribution is 0.303. The molecule has 0 atom stereocenters. The molecule has 0 N–H and O–H groups in total. The summed E-state index contributed by atoms with van der Waals surface area (Å²) < 4.78 is 42.1. The van der Waals surface area contributed by atoms with Gasteiger partial charge in [-0.2, -0.15) is 17.0 Å². The van der Waals surface area contributed by atoms with Gasteiger partial charge in [0.05, 0.1) is 0 Å². The van der Waals surface area contributed by atoms with Crippen LogP contribution in [0.25, 0.3) is 0 Å². The fraction of sp³-hybridized carbons (Fsp3) is 0.625. The minimum absolute atomic E-state index is 0.0967. The minimum atomic E-state index is -3.68. The van der Waals surface area contributed by atoms with Crippen LogP contribution in [0, 0.1) is 17.7 Å². The van der Waals surface area contributed by atoms with Crippen LogP contribution >= 0.6 is 11.6 Å². The molecule has 0 fully saturated rings. The molecule has 0 aliphatic heterocycles. The van der Waals surface area contributed by atoms with E-state index in [-0.39, 0.29) is 29.0 Å². The topological polar surface area (TPSA) is 40.6 Å². The zero-order chi connectivity index (χ0) is 17.8. The van der Waals surface area contributed by atoms with Gasteiger partial charge in [-0.3, -0.25) is 0 Å². The van der Waals surface area contributed by atoms with Crippen LogP contribution in [0.5, 0.6) is 0 Å². The van der Waals surface area contributed by atoms with E-state index in [1.54, 1.807) is 6.07 Å². The summed E-state index contributed by atoms with van der Waals surface area (Å²) in [5, 5.41) is 0.228. The maximum atomic E-state index is 13.9. The molecule has 0 amide bonds. The second-order valence-electron chi connectivity index (χ2n) is 6.57. The van der Waals surface area contributed by atoms with E-state index in [2.05, 4.69) is 0 Å². The van der Waals surface area contributed by atoms with Crippen LogP contribution in [-0.2, 0) is 16.8 Å². The van der Waals surface area contributed by atoms with Gasteiger partial charge >= 0.3 is 0 Å². The highest BCUT2D eigenvalue weighted by molar-refractivity contribution is 7.86. The lowest BCUT2D eigenvalue weighted by atomic mass is 10.2. The summed E-state index contributed by atoms with van der Waals surface area (Å²) in [6.45, 7) is 8.63. The molecule has 23 heavy (non-hydrogen) atoms. The molecule has 0 bridgehead atoms. The Hall–Kier alpha value is -0.690. The first-order valence-corrected chi connectivity index (χ1v) is 9.47. The van der Waals surface area contributed by atoms with E-state index in [1.165, 1.54) is 23.5 Å². The molecule has 0 aliphatic carbocycles. The molecule has 0 unspecified atom stereocenters. The van der Waals surface area contributed by atoms with Crippen LogP contribution in [0.2, 0.25) is 5.02 Å². The average Bonchev–Trinajstić information content (AvgIpc) is 2.41. The van der Waals surface area contributed by atoms with E-state index in [0.29, 0.717) is 13.1 Å². The van der Waals surface area contributed by atoms with E-state index in [0.717, 1.165) is 4.31 Å². The van der Waals surface area contributed by atoms with Gasteiger partial charge in [0.25, 0.3) is 10.2 Å². The minimum Gasteiger partial charge on any atom is -0.207 e. The first-order chi connectivity index (χ1) is 10.6. The molecule has 1 rings (SSSR count). The predicted molar refractivity (Wildman–Crippen MR) is 93.0 cm³/mol. The molecule has 0 saturated heterocycles. The highest BCUT2D eigenvalue weighted by Gasteiger charge is 2.29. The molecule has 0 aromatic heterocycles. The van der Waals surface area contributed by atoms with Gasteiger partial charge in [0.1, 0.15) is 5.82 Å². The third kappa shape index (κ3) is 5.71. The molecule has 132 valence electrons. The van der Waals surface area contributed by atoms with Gasteiger partial charge in [-0.05, 0) is 24.0 Å². The smallest absolute Gasteiger partial charge is 0.207 e. The quantitative estimate of drug-likeness (QED) is 0.704. The fourth-order valence-electron chi connectivity index (χ4n) is 2.26. The second kappa shape index (κ2) is 8.42. The Labute approximate surface area is 144 Å². The monoisotopic (exact) mass is 364 g/mol. The lowest BCUT2D eigenvalue weighted by Gasteiger charge is -2.30. The van der Waals surface area contributed by atoms with Crippen molar-refractivity contribution in [3.63, 3.8) is 0 Å². The van der Waals surface area contributed by atoms with Crippen LogP contribution < -0.4 is 0 Å². The number of hydrogen-bond donors (Lipinski definition) is 0. The molecule has 7 heteroatoms. The van der Waals surface area contributed by atoms with E-state index < -0.39 is 16.0 Å². The first-order valence-electron chi connectivity index (χ1n) is 7.70. The van der Waals surface area contributed by atoms with E-state index in [9.17, 15) is 12.8 Å². The summed E-state index contributed by atoms with van der Waals surface area (Å²) in [5.74, 6) is -0.0956. The van der Waals surface area contributed by atoms with Crippen LogP contribution in [0.3, 0.4) is 0 Å². The van der Waals surface area contributed by atoms with Crippen LogP contribution in [0.4, 0.5) is 4.39 Å². The Morgan fingerprint density at radius 2 is 1.65 bits per heavy atom. The fourth-order valence-corrected chi connectivity index (χ4v) is 4.14. The molecule has 1 aromatic carbocycles. The summed E-state index contributed by atoms with van der Waals surface area (Å²) in [6, 6.07) is 4.33. The molecule has 0 aliphatic rings. The van der Waals surface area contributed by atoms with Gasteiger partial charge in [-0.25, -0.2) is 4.39 Å².